The molecule has 1 amide bonds. The van der Waals surface area contributed by atoms with Crippen molar-refractivity contribution >= 4 is 11.9 Å². The number of aromatic nitrogens is 2. The third-order valence-electron chi connectivity index (χ3n) is 3.38. The van der Waals surface area contributed by atoms with E-state index in [4.69, 9.17) is 14.2 Å². The summed E-state index contributed by atoms with van der Waals surface area (Å²) in [5.41, 5.74) is 0.102. The fraction of sp³-hybridized carbons (Fsp3) is 0.294. The summed E-state index contributed by atoms with van der Waals surface area (Å²) in [6.07, 6.45) is 0. The van der Waals surface area contributed by atoms with Crippen LogP contribution >= 0.6 is 0 Å². The molecular weight excluding hydrogens is 358 g/mol. The lowest BCUT2D eigenvalue weighted by atomic mass is 10.1. The molecule has 10 nitrogen and oxygen atoms in total. The van der Waals surface area contributed by atoms with Crippen LogP contribution in [0.15, 0.2) is 30.3 Å². The van der Waals surface area contributed by atoms with Crippen LogP contribution in [0.2, 0.25) is 0 Å². The van der Waals surface area contributed by atoms with Crippen molar-refractivity contribution in [2.75, 3.05) is 27.9 Å². The van der Waals surface area contributed by atoms with E-state index in [9.17, 15) is 14.7 Å². The standard InChI is InChI=1S/C17H19N3O7/c1-24-13-8-14(25-2)20-17(19-13)27-12-7-5-4-6-10(12)15(22)18-11(9-21)16(23)26-3/h4-8,11,21H,9H2,1-3H3,(H,18,22)/t11-/m0/s1. The molecule has 1 aromatic carbocycles. The molecule has 2 N–H and O–H groups in total. The number of carbonyl (C=O) groups excluding carboxylic acids is 2. The molecule has 0 aliphatic carbocycles. The zero-order valence-corrected chi connectivity index (χ0v) is 15.0. The van der Waals surface area contributed by atoms with Gasteiger partial charge in [0.25, 0.3) is 5.91 Å². The fourth-order valence-electron chi connectivity index (χ4n) is 2.04. The average molecular weight is 377 g/mol. The first kappa shape index (κ1) is 19.9. The maximum absolute atomic E-state index is 12.5. The van der Waals surface area contributed by atoms with Crippen LogP contribution in [0.5, 0.6) is 23.5 Å². The first-order valence-corrected chi connectivity index (χ1v) is 7.75. The first-order chi connectivity index (χ1) is 13.0. The van der Waals surface area contributed by atoms with E-state index >= 15 is 0 Å². The normalized spacial score (nSPS) is 11.3. The highest BCUT2D eigenvalue weighted by Crippen LogP contribution is 2.26. The number of rotatable bonds is 8. The minimum atomic E-state index is -1.20. The van der Waals surface area contributed by atoms with Gasteiger partial charge in [-0.1, -0.05) is 12.1 Å². The topological polar surface area (TPSA) is 129 Å². The summed E-state index contributed by atoms with van der Waals surface area (Å²) in [4.78, 5) is 32.1. The highest BCUT2D eigenvalue weighted by Gasteiger charge is 2.23. The number of para-hydroxylation sites is 1. The molecule has 0 saturated carbocycles. The van der Waals surface area contributed by atoms with Crippen LogP contribution in [-0.4, -0.2) is 60.9 Å². The molecule has 27 heavy (non-hydrogen) atoms. The van der Waals surface area contributed by atoms with Gasteiger partial charge in [0, 0.05) is 0 Å². The van der Waals surface area contributed by atoms with Gasteiger partial charge in [0.05, 0.1) is 39.6 Å². The van der Waals surface area contributed by atoms with Gasteiger partial charge >= 0.3 is 12.0 Å². The van der Waals surface area contributed by atoms with Gasteiger partial charge in [-0.15, -0.1) is 0 Å². The molecule has 0 fully saturated rings. The van der Waals surface area contributed by atoms with Gasteiger partial charge in [-0.2, -0.15) is 9.97 Å². The Kier molecular flexibility index (Phi) is 6.89. The molecule has 0 unspecified atom stereocenters. The Labute approximate surface area is 155 Å². The molecular formula is C17H19N3O7. The maximum Gasteiger partial charge on any atom is 0.330 e. The number of aliphatic hydroxyl groups is 1. The second-order valence-electron chi connectivity index (χ2n) is 5.07. The number of aliphatic hydroxyl groups excluding tert-OH is 1. The van der Waals surface area contributed by atoms with Gasteiger partial charge in [-0.05, 0) is 12.1 Å². The largest absolute Gasteiger partial charge is 0.481 e. The summed E-state index contributed by atoms with van der Waals surface area (Å²) in [7, 11) is 4.01. The van der Waals surface area contributed by atoms with Crippen LogP contribution in [0.25, 0.3) is 0 Å². The van der Waals surface area contributed by atoms with E-state index in [0.29, 0.717) is 0 Å². The van der Waals surface area contributed by atoms with Gasteiger partial charge in [-0.25, -0.2) is 4.79 Å². The average Bonchev–Trinajstić information content (AvgIpc) is 2.71. The number of hydrogen-bond donors (Lipinski definition) is 2. The number of benzene rings is 1. The van der Waals surface area contributed by atoms with Gasteiger partial charge in [0.2, 0.25) is 11.8 Å². The molecule has 1 atom stereocenters. The molecule has 1 aromatic heterocycles. The minimum absolute atomic E-state index is 0.0990. The molecule has 0 aliphatic heterocycles. The number of hydrogen-bond acceptors (Lipinski definition) is 9. The monoisotopic (exact) mass is 377 g/mol. The summed E-state index contributed by atoms with van der Waals surface area (Å²) < 4.78 is 20.2. The number of amides is 1. The van der Waals surface area contributed by atoms with E-state index in [-0.39, 0.29) is 29.1 Å². The highest BCUT2D eigenvalue weighted by atomic mass is 16.5. The molecule has 0 saturated heterocycles. The Morgan fingerprint density at radius 1 is 1.11 bits per heavy atom. The molecule has 2 rings (SSSR count). The lowest BCUT2D eigenvalue weighted by Gasteiger charge is -2.15. The molecule has 0 aliphatic rings. The van der Waals surface area contributed by atoms with Crippen molar-refractivity contribution in [3.63, 3.8) is 0 Å². The van der Waals surface area contributed by atoms with Crippen molar-refractivity contribution in [1.29, 1.82) is 0 Å². The van der Waals surface area contributed by atoms with Crippen LogP contribution in [0.3, 0.4) is 0 Å². The minimum Gasteiger partial charge on any atom is -0.481 e. The first-order valence-electron chi connectivity index (χ1n) is 7.75. The van der Waals surface area contributed by atoms with E-state index in [1.165, 1.54) is 32.4 Å². The lowest BCUT2D eigenvalue weighted by molar-refractivity contribution is -0.143. The second kappa shape index (κ2) is 9.34. The molecule has 0 radical (unpaired) electrons. The van der Waals surface area contributed by atoms with Gasteiger partial charge in [0.1, 0.15) is 5.75 Å². The van der Waals surface area contributed by atoms with Crippen LogP contribution in [-0.2, 0) is 9.53 Å². The number of esters is 1. The molecule has 2 aromatic rings. The van der Waals surface area contributed by atoms with Crippen LogP contribution in [0, 0.1) is 0 Å². The van der Waals surface area contributed by atoms with Crippen LogP contribution in [0.4, 0.5) is 0 Å². The second-order valence-corrected chi connectivity index (χ2v) is 5.07. The fourth-order valence-corrected chi connectivity index (χ4v) is 2.04. The van der Waals surface area contributed by atoms with Crippen molar-refractivity contribution in [1.82, 2.24) is 15.3 Å². The maximum atomic E-state index is 12.5. The van der Waals surface area contributed by atoms with E-state index in [2.05, 4.69) is 20.0 Å². The highest BCUT2D eigenvalue weighted by molar-refractivity contribution is 5.99. The van der Waals surface area contributed by atoms with Crippen molar-refractivity contribution in [3.8, 4) is 23.5 Å². The van der Waals surface area contributed by atoms with Gasteiger partial charge in [0.15, 0.2) is 6.04 Å². The molecule has 0 bridgehead atoms. The number of ether oxygens (including phenoxy) is 4. The predicted molar refractivity (Wildman–Crippen MR) is 92.0 cm³/mol. The van der Waals surface area contributed by atoms with E-state index in [1.54, 1.807) is 12.1 Å². The van der Waals surface area contributed by atoms with Crippen molar-refractivity contribution in [2.45, 2.75) is 6.04 Å². The quantitative estimate of drug-likeness (QED) is 0.634. The zero-order valence-electron chi connectivity index (χ0n) is 15.0. The van der Waals surface area contributed by atoms with Crippen molar-refractivity contribution < 1.29 is 33.6 Å². The SMILES string of the molecule is COC(=O)[C@H](CO)NC(=O)c1ccccc1Oc1nc(OC)cc(OC)n1. The summed E-state index contributed by atoms with van der Waals surface area (Å²) in [6, 6.07) is 6.42. The smallest absolute Gasteiger partial charge is 0.330 e. The van der Waals surface area contributed by atoms with Crippen LogP contribution in [0.1, 0.15) is 10.4 Å². The summed E-state index contributed by atoms with van der Waals surface area (Å²) >= 11 is 0. The Bertz CT molecular complexity index is 791. The van der Waals surface area contributed by atoms with Crippen molar-refractivity contribution in [2.24, 2.45) is 0 Å². The van der Waals surface area contributed by atoms with Crippen LogP contribution < -0.4 is 19.5 Å². The number of carbonyl (C=O) groups is 2. The number of nitrogens with zero attached hydrogens (tertiary/aromatic N) is 2. The Hall–Kier alpha value is -3.40. The van der Waals surface area contributed by atoms with E-state index in [0.717, 1.165) is 7.11 Å². The zero-order chi connectivity index (χ0) is 19.8. The summed E-state index contributed by atoms with van der Waals surface area (Å²) in [5.74, 6) is -0.864. The Balaban J connectivity index is 2.28. The molecule has 144 valence electrons. The molecule has 0 spiro atoms. The van der Waals surface area contributed by atoms with Gasteiger partial charge in [-0.3, -0.25) is 4.79 Å². The third kappa shape index (κ3) is 5.05. The van der Waals surface area contributed by atoms with Gasteiger partial charge < -0.3 is 29.4 Å². The summed E-state index contributed by atoms with van der Waals surface area (Å²) in [6.45, 7) is -0.613. The molecule has 1 heterocycles. The lowest BCUT2D eigenvalue weighted by Crippen LogP contribution is -2.44. The number of nitrogens with one attached hydrogen (secondary N) is 1. The Morgan fingerprint density at radius 2 is 1.74 bits per heavy atom. The summed E-state index contributed by atoms with van der Waals surface area (Å²) in [5, 5.41) is 11.6. The predicted octanol–water partition coefficient (Wildman–Crippen LogP) is 0.550. The van der Waals surface area contributed by atoms with E-state index < -0.39 is 24.5 Å². The van der Waals surface area contributed by atoms with Crippen molar-refractivity contribution in [3.05, 3.63) is 35.9 Å². The van der Waals surface area contributed by atoms with E-state index in [1.807, 2.05) is 0 Å². The molecule has 10 heteroatoms. The Morgan fingerprint density at radius 3 is 2.30 bits per heavy atom. The third-order valence-corrected chi connectivity index (χ3v) is 3.38. The number of methoxy groups -OCH3 is 3.